The average molecular weight is 699 g/mol. The monoisotopic (exact) mass is 698 g/mol. The smallest absolute Gasteiger partial charge is 0.417 e. The van der Waals surface area contributed by atoms with E-state index < -0.39 is 88.9 Å². The van der Waals surface area contributed by atoms with E-state index in [1.54, 1.807) is 0 Å². The Labute approximate surface area is 271 Å². The first-order valence-electron chi connectivity index (χ1n) is 14.5. The molecule has 4 aromatic rings. The van der Waals surface area contributed by atoms with E-state index >= 15 is 8.78 Å². The van der Waals surface area contributed by atoms with Crippen LogP contribution in [0.5, 0.6) is 0 Å². The lowest BCUT2D eigenvalue weighted by molar-refractivity contribution is -0.167. The lowest BCUT2D eigenvalue weighted by atomic mass is 9.93. The van der Waals surface area contributed by atoms with Gasteiger partial charge in [0.15, 0.2) is 0 Å². The number of carboxylic acids is 1. The van der Waals surface area contributed by atoms with Gasteiger partial charge in [-0.15, -0.1) is 0 Å². The molecule has 49 heavy (non-hydrogen) atoms. The van der Waals surface area contributed by atoms with Crippen LogP contribution in [0.4, 0.5) is 40.8 Å². The molecule has 1 amide bonds. The van der Waals surface area contributed by atoms with Crippen LogP contribution in [0, 0.1) is 18.6 Å². The summed E-state index contributed by atoms with van der Waals surface area (Å²) in [6, 6.07) is 3.03. The standard InChI is InChI=1S/C32H26F8N4O5/c1-15-10-20(31(35,36)37)25(29(46)43(15)2)19-6-5-16(18-4-3-7-41-27(18)19)11-23(30(47)48)42-28(45)26-21(33)12-17(13-22(26)34)44-8-9-49-14-24(44)32(38,39)40/h3-7,10,12-13,23-24H,8-9,11,14H2,1-2H3,(H,42,45)(H,47,48)/t23?,24-/m1/s1. The molecule has 9 nitrogen and oxygen atoms in total. The highest BCUT2D eigenvalue weighted by molar-refractivity contribution is 5.99. The van der Waals surface area contributed by atoms with Crippen molar-refractivity contribution in [3.05, 3.63) is 93.0 Å². The molecule has 1 aliphatic rings. The highest BCUT2D eigenvalue weighted by Crippen LogP contribution is 2.39. The number of anilines is 1. The number of aryl methyl sites for hydroxylation is 1. The van der Waals surface area contributed by atoms with Crippen molar-refractivity contribution in [3.63, 3.8) is 0 Å². The molecule has 2 aromatic carbocycles. The molecule has 17 heteroatoms. The lowest BCUT2D eigenvalue weighted by Crippen LogP contribution is -2.53. The number of fused-ring (bicyclic) bond motifs is 1. The first kappa shape index (κ1) is 35.3. The van der Waals surface area contributed by atoms with Crippen LogP contribution in [0.1, 0.15) is 27.2 Å². The Morgan fingerprint density at radius 3 is 2.37 bits per heavy atom. The van der Waals surface area contributed by atoms with Crippen molar-refractivity contribution in [2.24, 2.45) is 7.05 Å². The van der Waals surface area contributed by atoms with E-state index in [-0.39, 0.29) is 40.9 Å². The number of carbonyl (C=O) groups is 2. The summed E-state index contributed by atoms with van der Waals surface area (Å²) in [5.41, 5.74) is -4.71. The fourth-order valence-corrected chi connectivity index (χ4v) is 5.69. The fraction of sp³-hybridized carbons (Fsp3) is 0.312. The summed E-state index contributed by atoms with van der Waals surface area (Å²) in [5, 5.41) is 12.0. The summed E-state index contributed by atoms with van der Waals surface area (Å²) in [7, 11) is 1.30. The molecule has 1 aliphatic heterocycles. The van der Waals surface area contributed by atoms with Crippen LogP contribution in [-0.4, -0.2) is 64.6 Å². The quantitative estimate of drug-likeness (QED) is 0.249. The van der Waals surface area contributed by atoms with Gasteiger partial charge < -0.3 is 24.6 Å². The average Bonchev–Trinajstić information content (AvgIpc) is 3.02. The van der Waals surface area contributed by atoms with Crippen molar-refractivity contribution in [3.8, 4) is 11.1 Å². The van der Waals surface area contributed by atoms with Gasteiger partial charge in [0.1, 0.15) is 29.3 Å². The highest BCUT2D eigenvalue weighted by Gasteiger charge is 2.46. The zero-order valence-electron chi connectivity index (χ0n) is 25.5. The van der Waals surface area contributed by atoms with E-state index in [1.165, 1.54) is 38.4 Å². The topological polar surface area (TPSA) is 114 Å². The summed E-state index contributed by atoms with van der Waals surface area (Å²) in [6.07, 6.45) is -9.02. The second-order valence-electron chi connectivity index (χ2n) is 11.3. The molecule has 1 fully saturated rings. The number of halogens is 8. The molecular weight excluding hydrogens is 672 g/mol. The van der Waals surface area contributed by atoms with E-state index in [0.717, 1.165) is 16.7 Å². The van der Waals surface area contributed by atoms with Crippen LogP contribution in [0.3, 0.4) is 0 Å². The van der Waals surface area contributed by atoms with Gasteiger partial charge in [0, 0.05) is 48.5 Å². The van der Waals surface area contributed by atoms with Gasteiger partial charge in [0.2, 0.25) is 0 Å². The number of nitrogens with one attached hydrogen (secondary N) is 1. The van der Waals surface area contributed by atoms with Gasteiger partial charge in [-0.05, 0) is 36.8 Å². The molecule has 0 radical (unpaired) electrons. The number of hydrogen-bond donors (Lipinski definition) is 2. The zero-order chi connectivity index (χ0) is 36.0. The molecule has 3 heterocycles. The maximum absolute atomic E-state index is 15.1. The van der Waals surface area contributed by atoms with E-state index in [2.05, 4.69) is 4.98 Å². The lowest BCUT2D eigenvalue weighted by Gasteiger charge is -2.38. The number of carboxylic acid groups (broad SMARTS) is 1. The number of alkyl halides is 6. The van der Waals surface area contributed by atoms with E-state index in [1.807, 2.05) is 5.32 Å². The Hall–Kier alpha value is -5.06. The first-order valence-corrected chi connectivity index (χ1v) is 14.5. The predicted octanol–water partition coefficient (Wildman–Crippen LogP) is 5.40. The number of hydrogen-bond acceptors (Lipinski definition) is 6. The van der Waals surface area contributed by atoms with Gasteiger partial charge in [0.25, 0.3) is 11.5 Å². The van der Waals surface area contributed by atoms with E-state index in [9.17, 15) is 45.8 Å². The minimum Gasteiger partial charge on any atom is -0.480 e. The number of pyridine rings is 2. The molecule has 1 unspecified atom stereocenters. The maximum Gasteiger partial charge on any atom is 0.417 e. The number of nitrogens with zero attached hydrogens (tertiary/aromatic N) is 3. The summed E-state index contributed by atoms with van der Waals surface area (Å²) in [5.74, 6) is -6.29. The number of aliphatic carboxylic acids is 1. The largest absolute Gasteiger partial charge is 0.480 e. The summed E-state index contributed by atoms with van der Waals surface area (Å²) >= 11 is 0. The Morgan fingerprint density at radius 1 is 1.08 bits per heavy atom. The second kappa shape index (κ2) is 13.1. The van der Waals surface area contributed by atoms with Crippen LogP contribution in [-0.2, 0) is 29.2 Å². The van der Waals surface area contributed by atoms with Gasteiger partial charge in [-0.25, -0.2) is 13.6 Å². The number of amides is 1. The molecule has 5 rings (SSSR count). The molecule has 2 N–H and O–H groups in total. The maximum atomic E-state index is 15.1. The van der Waals surface area contributed by atoms with Gasteiger partial charge >= 0.3 is 18.3 Å². The molecule has 1 saturated heterocycles. The van der Waals surface area contributed by atoms with Gasteiger partial charge in [0.05, 0.1) is 29.9 Å². The van der Waals surface area contributed by atoms with E-state index in [4.69, 9.17) is 4.74 Å². The number of carbonyl (C=O) groups excluding carboxylic acids is 1. The molecule has 0 saturated carbocycles. The number of aromatic nitrogens is 2. The predicted molar refractivity (Wildman–Crippen MR) is 159 cm³/mol. The third kappa shape index (κ3) is 6.93. The highest BCUT2D eigenvalue weighted by atomic mass is 19.4. The SMILES string of the molecule is Cc1cc(C(F)(F)F)c(-c2ccc(CC(NC(=O)c3c(F)cc(N4CCOC[C@@H]4C(F)(F)F)cc3F)C(=O)O)c3cccnc23)c(=O)n1C. The Balaban J connectivity index is 1.48. The summed E-state index contributed by atoms with van der Waals surface area (Å²) in [6.45, 7) is 0.0350. The fourth-order valence-electron chi connectivity index (χ4n) is 5.69. The first-order chi connectivity index (χ1) is 22.9. The van der Waals surface area contributed by atoms with Crippen molar-refractivity contribution in [2.45, 2.75) is 37.8 Å². The Morgan fingerprint density at radius 2 is 1.76 bits per heavy atom. The van der Waals surface area contributed by atoms with Crippen LogP contribution < -0.4 is 15.8 Å². The van der Waals surface area contributed by atoms with Gasteiger partial charge in [-0.1, -0.05) is 18.2 Å². The number of rotatable bonds is 7. The molecular formula is C32H26F8N4O5. The van der Waals surface area contributed by atoms with Crippen molar-refractivity contribution < 1.29 is 54.6 Å². The number of morpholine rings is 1. The normalized spacial score (nSPS) is 16.1. The molecule has 260 valence electrons. The summed E-state index contributed by atoms with van der Waals surface area (Å²) < 4.78 is 119. The van der Waals surface area contributed by atoms with Crippen LogP contribution in [0.25, 0.3) is 22.0 Å². The molecule has 2 aromatic heterocycles. The zero-order valence-corrected chi connectivity index (χ0v) is 25.5. The third-order valence-electron chi connectivity index (χ3n) is 8.22. The molecule has 0 bridgehead atoms. The minimum absolute atomic E-state index is 0.0455. The Kier molecular flexibility index (Phi) is 9.42. The van der Waals surface area contributed by atoms with Crippen molar-refractivity contribution in [1.29, 1.82) is 0 Å². The molecule has 2 atom stereocenters. The Bertz CT molecular complexity index is 1990. The van der Waals surface area contributed by atoms with Gasteiger partial charge in [-0.2, -0.15) is 26.3 Å². The van der Waals surface area contributed by atoms with Crippen molar-refractivity contribution >= 4 is 28.5 Å². The van der Waals surface area contributed by atoms with Gasteiger partial charge in [-0.3, -0.25) is 14.6 Å². The summed E-state index contributed by atoms with van der Waals surface area (Å²) in [4.78, 5) is 43.2. The third-order valence-corrected chi connectivity index (χ3v) is 8.22. The van der Waals surface area contributed by atoms with Crippen LogP contribution in [0.15, 0.2) is 53.5 Å². The molecule has 0 spiro atoms. The number of benzene rings is 2. The van der Waals surface area contributed by atoms with Crippen LogP contribution in [0.2, 0.25) is 0 Å². The minimum atomic E-state index is -4.92. The van der Waals surface area contributed by atoms with Crippen LogP contribution >= 0.6 is 0 Å². The molecule has 0 aliphatic carbocycles. The van der Waals surface area contributed by atoms with E-state index in [0.29, 0.717) is 17.0 Å². The van der Waals surface area contributed by atoms with Crippen molar-refractivity contribution in [2.75, 3.05) is 24.7 Å². The number of ether oxygens (including phenoxy) is 1. The second-order valence-corrected chi connectivity index (χ2v) is 11.3. The van der Waals surface area contributed by atoms with Crippen molar-refractivity contribution in [1.82, 2.24) is 14.9 Å².